The molecule has 0 aliphatic carbocycles. The predicted molar refractivity (Wildman–Crippen MR) is 71.4 cm³/mol. The molecule has 2 aromatic rings. The Bertz CT molecular complexity index is 579. The number of para-hydroxylation sites is 1. The number of hydrogen-bond donors (Lipinski definition) is 1. The Morgan fingerprint density at radius 1 is 1.28 bits per heavy atom. The Morgan fingerprint density at radius 3 is 2.56 bits per heavy atom. The first-order valence-electron chi connectivity index (χ1n) is 5.91. The molecule has 0 fully saturated rings. The number of quaternary nitrogens is 1. The first-order chi connectivity index (χ1) is 8.42. The van der Waals surface area contributed by atoms with E-state index in [2.05, 4.69) is 26.1 Å². The maximum Gasteiger partial charge on any atom is 0.355 e. The van der Waals surface area contributed by atoms with Gasteiger partial charge in [0.1, 0.15) is 12.2 Å². The quantitative estimate of drug-likeness (QED) is 0.667. The lowest BCUT2D eigenvalue weighted by Gasteiger charge is -2.24. The summed E-state index contributed by atoms with van der Waals surface area (Å²) in [5.74, 6) is -0.311. The number of hydrogen-bond acceptors (Lipinski definition) is 2. The van der Waals surface area contributed by atoms with Crippen molar-refractivity contribution in [2.45, 2.75) is 6.54 Å². The zero-order valence-corrected chi connectivity index (χ0v) is 11.3. The van der Waals surface area contributed by atoms with Crippen molar-refractivity contribution in [1.82, 2.24) is 4.98 Å². The Morgan fingerprint density at radius 2 is 1.94 bits per heavy atom. The minimum absolute atomic E-state index is 0.311. The van der Waals surface area contributed by atoms with E-state index in [1.807, 2.05) is 24.3 Å². The second-order valence-corrected chi connectivity index (χ2v) is 5.46. The third-order valence-electron chi connectivity index (χ3n) is 2.84. The average molecular weight is 247 g/mol. The van der Waals surface area contributed by atoms with Crippen LogP contribution in [0.2, 0.25) is 0 Å². The number of benzene rings is 1. The maximum absolute atomic E-state index is 11.8. The monoisotopic (exact) mass is 247 g/mol. The third kappa shape index (κ3) is 2.38. The van der Waals surface area contributed by atoms with E-state index in [0.717, 1.165) is 27.5 Å². The zero-order valence-electron chi connectivity index (χ0n) is 11.3. The summed E-state index contributed by atoms with van der Waals surface area (Å²) in [5.41, 5.74) is 2.55. The molecule has 1 heterocycles. The van der Waals surface area contributed by atoms with Crippen molar-refractivity contribution in [2.75, 3.05) is 28.3 Å². The molecule has 0 unspecified atom stereocenters. The highest BCUT2D eigenvalue weighted by Crippen LogP contribution is 2.25. The van der Waals surface area contributed by atoms with E-state index >= 15 is 0 Å². The van der Waals surface area contributed by atoms with Crippen LogP contribution in [-0.2, 0) is 11.3 Å². The van der Waals surface area contributed by atoms with Gasteiger partial charge in [0.05, 0.1) is 28.3 Å². The van der Waals surface area contributed by atoms with Gasteiger partial charge < -0.3 is 14.2 Å². The number of fused-ring (bicyclic) bond motifs is 1. The van der Waals surface area contributed by atoms with Crippen LogP contribution in [0.25, 0.3) is 10.9 Å². The number of nitrogens with zero attached hydrogens (tertiary/aromatic N) is 1. The molecular weight excluding hydrogens is 228 g/mol. The van der Waals surface area contributed by atoms with Gasteiger partial charge in [-0.3, -0.25) is 0 Å². The summed E-state index contributed by atoms with van der Waals surface area (Å²) < 4.78 is 5.60. The second-order valence-electron chi connectivity index (χ2n) is 5.46. The molecule has 1 N–H and O–H groups in total. The molecule has 96 valence electrons. The van der Waals surface area contributed by atoms with Crippen molar-refractivity contribution in [3.05, 3.63) is 35.5 Å². The second kappa shape index (κ2) is 4.46. The number of H-pyrrole nitrogens is 1. The van der Waals surface area contributed by atoms with Gasteiger partial charge in [-0.2, -0.15) is 0 Å². The summed E-state index contributed by atoms with van der Waals surface area (Å²) in [6.07, 6.45) is 0. The fourth-order valence-corrected chi connectivity index (χ4v) is 2.11. The molecule has 0 aliphatic heterocycles. The zero-order chi connectivity index (χ0) is 13.3. The van der Waals surface area contributed by atoms with Crippen molar-refractivity contribution >= 4 is 16.9 Å². The van der Waals surface area contributed by atoms with E-state index in [4.69, 9.17) is 4.74 Å². The molecule has 0 aliphatic rings. The molecule has 2 rings (SSSR count). The number of aromatic nitrogens is 1. The number of methoxy groups -OCH3 is 1. The average Bonchev–Trinajstić information content (AvgIpc) is 2.65. The van der Waals surface area contributed by atoms with Crippen molar-refractivity contribution in [2.24, 2.45) is 0 Å². The standard InChI is InChI=1S/C14H18N2O2/c1-16(2,3)9-11-10-7-5-6-8-12(10)15-13(11)14(17)18-4/h5-8H,9H2,1-4H3/p+1. The molecule has 0 radical (unpaired) electrons. The van der Waals surface area contributed by atoms with E-state index in [9.17, 15) is 4.79 Å². The van der Waals surface area contributed by atoms with Gasteiger partial charge in [-0.25, -0.2) is 4.79 Å². The minimum Gasteiger partial charge on any atom is -0.464 e. The molecule has 4 heteroatoms. The van der Waals surface area contributed by atoms with Crippen LogP contribution >= 0.6 is 0 Å². The number of esters is 1. The van der Waals surface area contributed by atoms with Gasteiger partial charge in [-0.1, -0.05) is 18.2 Å². The van der Waals surface area contributed by atoms with Gasteiger partial charge in [-0.05, 0) is 6.07 Å². The van der Waals surface area contributed by atoms with Gasteiger partial charge in [-0.15, -0.1) is 0 Å². The van der Waals surface area contributed by atoms with Crippen molar-refractivity contribution in [3.63, 3.8) is 0 Å². The number of nitrogens with one attached hydrogen (secondary N) is 1. The summed E-state index contributed by atoms with van der Waals surface area (Å²) in [6, 6.07) is 7.94. The molecule has 0 amide bonds. The van der Waals surface area contributed by atoms with Crippen LogP contribution in [0.4, 0.5) is 0 Å². The molecule has 1 aromatic carbocycles. The molecule has 0 saturated heterocycles. The van der Waals surface area contributed by atoms with Crippen molar-refractivity contribution < 1.29 is 14.0 Å². The third-order valence-corrected chi connectivity index (χ3v) is 2.84. The molecule has 0 spiro atoms. The predicted octanol–water partition coefficient (Wildman–Crippen LogP) is 2.16. The van der Waals surface area contributed by atoms with Crippen LogP contribution in [0.3, 0.4) is 0 Å². The van der Waals surface area contributed by atoms with Crippen molar-refractivity contribution in [3.8, 4) is 0 Å². The molecule has 4 nitrogen and oxygen atoms in total. The molecule has 0 bridgehead atoms. The number of carbonyl (C=O) groups is 1. The van der Waals surface area contributed by atoms with E-state index in [-0.39, 0.29) is 5.97 Å². The Hall–Kier alpha value is -1.81. The van der Waals surface area contributed by atoms with E-state index < -0.39 is 0 Å². The van der Waals surface area contributed by atoms with Crippen LogP contribution in [-0.4, -0.2) is 43.7 Å². The first-order valence-corrected chi connectivity index (χ1v) is 5.91. The fourth-order valence-electron chi connectivity index (χ4n) is 2.11. The Labute approximate surface area is 107 Å². The highest BCUT2D eigenvalue weighted by molar-refractivity contribution is 5.98. The van der Waals surface area contributed by atoms with Gasteiger partial charge >= 0.3 is 5.97 Å². The van der Waals surface area contributed by atoms with Gasteiger partial charge in [0.2, 0.25) is 0 Å². The summed E-state index contributed by atoms with van der Waals surface area (Å²) in [7, 11) is 7.71. The molecule has 0 saturated carbocycles. The SMILES string of the molecule is COC(=O)c1[nH]c2ccccc2c1C[N+](C)(C)C. The van der Waals surface area contributed by atoms with Gasteiger partial charge in [0, 0.05) is 16.5 Å². The van der Waals surface area contributed by atoms with Crippen LogP contribution < -0.4 is 0 Å². The van der Waals surface area contributed by atoms with Gasteiger partial charge in [0.25, 0.3) is 0 Å². The highest BCUT2D eigenvalue weighted by Gasteiger charge is 2.22. The van der Waals surface area contributed by atoms with E-state index in [1.54, 1.807) is 0 Å². The summed E-state index contributed by atoms with van der Waals surface area (Å²) >= 11 is 0. The van der Waals surface area contributed by atoms with Crippen molar-refractivity contribution in [1.29, 1.82) is 0 Å². The number of carbonyl (C=O) groups excluding carboxylic acids is 1. The maximum atomic E-state index is 11.8. The fraction of sp³-hybridized carbons (Fsp3) is 0.357. The first kappa shape index (κ1) is 12.6. The molecule has 0 atom stereocenters. The minimum atomic E-state index is -0.311. The summed E-state index contributed by atoms with van der Waals surface area (Å²) in [5, 5.41) is 1.09. The Kier molecular flexibility index (Phi) is 3.13. The van der Waals surface area contributed by atoms with Gasteiger partial charge in [0.15, 0.2) is 0 Å². The lowest BCUT2D eigenvalue weighted by Crippen LogP contribution is -2.33. The van der Waals surface area contributed by atoms with Crippen LogP contribution in [0.15, 0.2) is 24.3 Å². The highest BCUT2D eigenvalue weighted by atomic mass is 16.5. The Balaban J connectivity index is 2.61. The molecule has 1 aromatic heterocycles. The summed E-state index contributed by atoms with van der Waals surface area (Å²) in [6.45, 7) is 0.772. The van der Waals surface area contributed by atoms with Crippen LogP contribution in [0.5, 0.6) is 0 Å². The number of aromatic amines is 1. The topological polar surface area (TPSA) is 42.1 Å². The largest absolute Gasteiger partial charge is 0.464 e. The van der Waals surface area contributed by atoms with E-state index in [1.165, 1.54) is 7.11 Å². The number of ether oxygens (including phenoxy) is 1. The summed E-state index contributed by atoms with van der Waals surface area (Å²) in [4.78, 5) is 15.0. The molecular formula is C14H19N2O2+. The van der Waals surface area contributed by atoms with Crippen LogP contribution in [0.1, 0.15) is 16.1 Å². The number of rotatable bonds is 3. The van der Waals surface area contributed by atoms with Crippen LogP contribution in [0, 0.1) is 0 Å². The lowest BCUT2D eigenvalue weighted by atomic mass is 10.1. The lowest BCUT2D eigenvalue weighted by molar-refractivity contribution is -0.883. The molecule has 18 heavy (non-hydrogen) atoms. The normalized spacial score (nSPS) is 11.8. The van der Waals surface area contributed by atoms with E-state index in [0.29, 0.717) is 5.69 Å². The smallest absolute Gasteiger partial charge is 0.355 e.